The Morgan fingerprint density at radius 3 is 2.38 bits per heavy atom. The zero-order valence-corrected chi connectivity index (χ0v) is 10.7. The number of benzene rings is 1. The molecule has 0 amide bonds. The van der Waals surface area contributed by atoms with Gasteiger partial charge in [-0.1, -0.05) is 38.8 Å². The van der Waals surface area contributed by atoms with Crippen LogP contribution in [0.5, 0.6) is 5.75 Å². The van der Waals surface area contributed by atoms with E-state index < -0.39 is 8.60 Å². The maximum atomic E-state index is 8.87. The minimum absolute atomic E-state index is 0.595. The number of rotatable bonds is 6. The van der Waals surface area contributed by atoms with Crippen LogP contribution in [0, 0.1) is 0 Å². The molecule has 0 unspecified atom stereocenters. The first-order valence-corrected chi connectivity index (χ1v) is 6.81. The van der Waals surface area contributed by atoms with Gasteiger partial charge in [0.1, 0.15) is 5.75 Å². The van der Waals surface area contributed by atoms with Crippen molar-refractivity contribution >= 4 is 8.60 Å². The van der Waals surface area contributed by atoms with Gasteiger partial charge in [-0.25, -0.2) is 0 Å². The average molecular weight is 242 g/mol. The summed E-state index contributed by atoms with van der Waals surface area (Å²) in [6.07, 6.45) is 4.07. The first-order chi connectivity index (χ1) is 7.67. The van der Waals surface area contributed by atoms with E-state index in [4.69, 9.17) is 14.3 Å². The fraction of sp³-hybridized carbons (Fsp3) is 0.500. The van der Waals surface area contributed by atoms with Crippen LogP contribution in [0.1, 0.15) is 37.8 Å². The van der Waals surface area contributed by atoms with Crippen molar-refractivity contribution in [3.05, 3.63) is 29.3 Å². The molecule has 0 aromatic heterocycles. The summed E-state index contributed by atoms with van der Waals surface area (Å²) >= 11 is 0. The summed E-state index contributed by atoms with van der Waals surface area (Å²) in [4.78, 5) is 17.7. The molecule has 0 aliphatic heterocycles. The maximum Gasteiger partial charge on any atom is 0.391 e. The molecule has 0 radical (unpaired) electrons. The van der Waals surface area contributed by atoms with E-state index in [1.54, 1.807) is 0 Å². The molecule has 1 aromatic carbocycles. The second-order valence-electron chi connectivity index (χ2n) is 3.79. The molecule has 16 heavy (non-hydrogen) atoms. The topological polar surface area (TPSA) is 49.7 Å². The quantitative estimate of drug-likeness (QED) is 0.753. The monoisotopic (exact) mass is 242 g/mol. The van der Waals surface area contributed by atoms with Crippen molar-refractivity contribution in [1.29, 1.82) is 0 Å². The molecule has 0 aliphatic carbocycles. The van der Waals surface area contributed by atoms with Crippen molar-refractivity contribution in [3.8, 4) is 5.75 Å². The van der Waals surface area contributed by atoms with Gasteiger partial charge >= 0.3 is 8.60 Å². The molecular weight excluding hydrogens is 223 g/mol. The fourth-order valence-corrected chi connectivity index (χ4v) is 2.07. The molecule has 0 saturated carbocycles. The lowest BCUT2D eigenvalue weighted by Crippen LogP contribution is -1.95. The van der Waals surface area contributed by atoms with Crippen LogP contribution in [-0.2, 0) is 12.8 Å². The van der Waals surface area contributed by atoms with E-state index >= 15 is 0 Å². The van der Waals surface area contributed by atoms with Crippen LogP contribution in [0.25, 0.3) is 0 Å². The van der Waals surface area contributed by atoms with E-state index in [2.05, 4.69) is 19.9 Å². The Balaban J connectivity index is 2.89. The highest BCUT2D eigenvalue weighted by atomic mass is 31.2. The Morgan fingerprint density at radius 1 is 1.12 bits per heavy atom. The molecule has 0 aliphatic rings. The Hall–Kier alpha value is -0.630. The molecule has 2 N–H and O–H groups in total. The molecule has 90 valence electrons. The smallest absolute Gasteiger partial charge is 0.391 e. The van der Waals surface area contributed by atoms with Gasteiger partial charge in [0.05, 0.1) is 0 Å². The molecule has 4 heteroatoms. The lowest BCUT2D eigenvalue weighted by molar-refractivity contribution is 0.373. The summed E-state index contributed by atoms with van der Waals surface area (Å²) in [6, 6.07) is 5.91. The van der Waals surface area contributed by atoms with Crippen LogP contribution < -0.4 is 4.52 Å². The van der Waals surface area contributed by atoms with E-state index in [1.807, 2.05) is 12.1 Å². The molecule has 0 saturated heterocycles. The third kappa shape index (κ3) is 4.09. The molecule has 0 spiro atoms. The third-order valence-electron chi connectivity index (χ3n) is 2.36. The highest BCUT2D eigenvalue weighted by Crippen LogP contribution is 2.32. The van der Waals surface area contributed by atoms with Crippen LogP contribution >= 0.6 is 8.60 Å². The Bertz CT molecular complexity index is 326. The first-order valence-electron chi connectivity index (χ1n) is 5.65. The molecule has 0 heterocycles. The molecule has 0 bridgehead atoms. The van der Waals surface area contributed by atoms with Gasteiger partial charge in [-0.05, 0) is 30.0 Å². The number of hydrogen-bond acceptors (Lipinski definition) is 3. The molecule has 1 rings (SSSR count). The van der Waals surface area contributed by atoms with Gasteiger partial charge in [-0.15, -0.1) is 0 Å². The van der Waals surface area contributed by atoms with Gasteiger partial charge in [-0.3, -0.25) is 0 Å². The van der Waals surface area contributed by atoms with Gasteiger partial charge < -0.3 is 14.3 Å². The largest absolute Gasteiger partial charge is 0.427 e. The minimum atomic E-state index is -2.32. The third-order valence-corrected chi connectivity index (χ3v) is 2.72. The summed E-state index contributed by atoms with van der Waals surface area (Å²) in [7, 11) is -2.32. The molecular formula is C12H19O3P. The Kier molecular flexibility index (Phi) is 5.75. The average Bonchev–Trinajstić information content (AvgIpc) is 2.22. The molecule has 3 nitrogen and oxygen atoms in total. The summed E-state index contributed by atoms with van der Waals surface area (Å²) in [6.45, 7) is 4.24. The van der Waals surface area contributed by atoms with Crippen LogP contribution in [-0.4, -0.2) is 9.79 Å². The second-order valence-corrected chi connectivity index (χ2v) is 4.47. The maximum absolute atomic E-state index is 8.87. The molecule has 0 atom stereocenters. The van der Waals surface area contributed by atoms with E-state index in [9.17, 15) is 0 Å². The van der Waals surface area contributed by atoms with Gasteiger partial charge in [0, 0.05) is 0 Å². The highest BCUT2D eigenvalue weighted by Gasteiger charge is 2.08. The lowest BCUT2D eigenvalue weighted by Gasteiger charge is -2.12. The first kappa shape index (κ1) is 13.4. The van der Waals surface area contributed by atoms with Crippen LogP contribution in [0.15, 0.2) is 18.2 Å². The van der Waals surface area contributed by atoms with Crippen molar-refractivity contribution < 1.29 is 14.3 Å². The van der Waals surface area contributed by atoms with Crippen molar-refractivity contribution in [2.75, 3.05) is 0 Å². The van der Waals surface area contributed by atoms with Crippen LogP contribution in [0.3, 0.4) is 0 Å². The van der Waals surface area contributed by atoms with Gasteiger partial charge in [0.15, 0.2) is 0 Å². The number of aryl methyl sites for hydroxylation is 2. The van der Waals surface area contributed by atoms with Gasteiger partial charge in [0.2, 0.25) is 0 Å². The van der Waals surface area contributed by atoms with Crippen LogP contribution in [0.2, 0.25) is 0 Å². The molecule has 1 aromatic rings. The van der Waals surface area contributed by atoms with Crippen molar-refractivity contribution in [2.45, 2.75) is 39.5 Å². The van der Waals surface area contributed by atoms with E-state index in [0.29, 0.717) is 5.75 Å². The normalized spacial score (nSPS) is 10.8. The van der Waals surface area contributed by atoms with Gasteiger partial charge in [-0.2, -0.15) is 0 Å². The fourth-order valence-electron chi connectivity index (χ4n) is 1.72. The molecule has 0 fully saturated rings. The van der Waals surface area contributed by atoms with E-state index in [0.717, 1.165) is 31.2 Å². The van der Waals surface area contributed by atoms with Crippen LogP contribution in [0.4, 0.5) is 0 Å². The van der Waals surface area contributed by atoms with Crippen molar-refractivity contribution in [1.82, 2.24) is 0 Å². The van der Waals surface area contributed by atoms with E-state index in [1.165, 1.54) is 5.56 Å². The van der Waals surface area contributed by atoms with Crippen molar-refractivity contribution in [3.63, 3.8) is 0 Å². The van der Waals surface area contributed by atoms with E-state index in [-0.39, 0.29) is 0 Å². The van der Waals surface area contributed by atoms with Gasteiger partial charge in [0.25, 0.3) is 0 Å². The zero-order chi connectivity index (χ0) is 12.0. The highest BCUT2D eigenvalue weighted by molar-refractivity contribution is 7.39. The number of hydrogen-bond donors (Lipinski definition) is 2. The van der Waals surface area contributed by atoms with Crippen molar-refractivity contribution in [2.24, 2.45) is 0 Å². The zero-order valence-electron chi connectivity index (χ0n) is 9.81. The SMILES string of the molecule is CCCc1ccc(OP(O)O)c(CCC)c1. The Labute approximate surface area is 98.1 Å². The predicted molar refractivity (Wildman–Crippen MR) is 66.4 cm³/mol. The predicted octanol–water partition coefficient (Wildman–Crippen LogP) is 3.18. The lowest BCUT2D eigenvalue weighted by atomic mass is 10.0. The summed E-state index contributed by atoms with van der Waals surface area (Å²) in [5, 5.41) is 0. The standard InChI is InChI=1S/C12H19O3P/c1-3-5-10-7-8-12(15-16(13)14)11(9-10)6-4-2/h7-9,13-14H,3-6H2,1-2H3. The Morgan fingerprint density at radius 2 is 1.81 bits per heavy atom. The summed E-state index contributed by atoms with van der Waals surface area (Å²) < 4.78 is 5.01. The summed E-state index contributed by atoms with van der Waals surface area (Å²) in [5.41, 5.74) is 2.34. The second kappa shape index (κ2) is 6.85. The minimum Gasteiger partial charge on any atom is -0.427 e. The summed E-state index contributed by atoms with van der Waals surface area (Å²) in [5.74, 6) is 0.595.